The molecule has 0 bridgehead atoms. The Morgan fingerprint density at radius 1 is 1.31 bits per heavy atom. The fourth-order valence-electron chi connectivity index (χ4n) is 2.58. The summed E-state index contributed by atoms with van der Waals surface area (Å²) in [5.41, 5.74) is -2.37. The minimum atomic E-state index is -4.50. The van der Waals surface area contributed by atoms with Crippen LogP contribution in [0.25, 0.3) is 5.69 Å². The number of hydrogen-bond acceptors (Lipinski definition) is 4. The summed E-state index contributed by atoms with van der Waals surface area (Å²) in [7, 11) is 0. The fraction of sp³-hybridized carbons (Fsp3) is 0.312. The Bertz CT molecular complexity index is 841. The molecule has 10 heteroatoms. The van der Waals surface area contributed by atoms with Crippen LogP contribution in [0.5, 0.6) is 0 Å². The van der Waals surface area contributed by atoms with Gasteiger partial charge in [-0.3, -0.25) is 4.79 Å². The number of carboxylic acid groups (broad SMARTS) is 1. The van der Waals surface area contributed by atoms with Gasteiger partial charge in [-0.2, -0.15) is 18.3 Å². The van der Waals surface area contributed by atoms with Crippen LogP contribution >= 0.6 is 0 Å². The van der Waals surface area contributed by atoms with Crippen LogP contribution in [0.1, 0.15) is 22.5 Å². The highest BCUT2D eigenvalue weighted by Crippen LogP contribution is 2.30. The van der Waals surface area contributed by atoms with Gasteiger partial charge in [-0.05, 0) is 24.3 Å². The maximum atomic E-state index is 12.8. The lowest BCUT2D eigenvalue weighted by molar-refractivity contribution is -0.144. The number of nitrogens with zero attached hydrogens (tertiary/aromatic N) is 2. The zero-order valence-electron chi connectivity index (χ0n) is 13.3. The van der Waals surface area contributed by atoms with Gasteiger partial charge in [-0.15, -0.1) is 0 Å². The summed E-state index contributed by atoms with van der Waals surface area (Å²) in [6.07, 6.45) is -3.06. The van der Waals surface area contributed by atoms with Crippen molar-refractivity contribution in [3.63, 3.8) is 0 Å². The van der Waals surface area contributed by atoms with Gasteiger partial charge in [0.2, 0.25) is 0 Å². The van der Waals surface area contributed by atoms with Crippen LogP contribution in [-0.2, 0) is 15.7 Å². The second-order valence-electron chi connectivity index (χ2n) is 5.84. The normalized spacial score (nSPS) is 20.1. The number of alkyl halides is 3. The topological polar surface area (TPSA) is 93.5 Å². The van der Waals surface area contributed by atoms with E-state index in [4.69, 9.17) is 4.74 Å². The van der Waals surface area contributed by atoms with Gasteiger partial charge in [0, 0.05) is 19.2 Å². The van der Waals surface area contributed by atoms with Crippen LogP contribution < -0.4 is 5.32 Å². The Morgan fingerprint density at radius 3 is 2.69 bits per heavy atom. The first-order valence-corrected chi connectivity index (χ1v) is 7.58. The third-order valence-electron chi connectivity index (χ3n) is 4.04. The SMILES string of the molecule is O=C(NC1(C(=O)O)CCOC1)c1ccn(-c2cccc(C(F)(F)F)c2)n1. The Labute approximate surface area is 145 Å². The van der Waals surface area contributed by atoms with Crippen molar-refractivity contribution < 1.29 is 32.6 Å². The van der Waals surface area contributed by atoms with E-state index >= 15 is 0 Å². The standard InChI is InChI=1S/C16H14F3N3O4/c17-16(18,19)10-2-1-3-11(8-10)22-6-4-12(21-22)13(23)20-15(14(24)25)5-7-26-9-15/h1-4,6,8H,5,7,9H2,(H,20,23)(H,24,25). The molecule has 26 heavy (non-hydrogen) atoms. The van der Waals surface area contributed by atoms with Crippen molar-refractivity contribution >= 4 is 11.9 Å². The lowest BCUT2D eigenvalue weighted by Gasteiger charge is -2.22. The third kappa shape index (κ3) is 3.40. The molecule has 2 aromatic rings. The van der Waals surface area contributed by atoms with E-state index in [1.165, 1.54) is 24.4 Å². The summed E-state index contributed by atoms with van der Waals surface area (Å²) in [5, 5.41) is 15.7. The molecule has 2 heterocycles. The predicted octanol–water partition coefficient (Wildman–Crippen LogP) is 1.86. The highest BCUT2D eigenvalue weighted by atomic mass is 19.4. The number of nitrogens with one attached hydrogen (secondary N) is 1. The predicted molar refractivity (Wildman–Crippen MR) is 81.8 cm³/mol. The molecule has 1 atom stereocenters. The molecule has 1 fully saturated rings. The Hall–Kier alpha value is -2.88. The summed E-state index contributed by atoms with van der Waals surface area (Å²) in [6.45, 7) is 0.0354. The van der Waals surface area contributed by atoms with Gasteiger partial charge in [0.15, 0.2) is 11.2 Å². The van der Waals surface area contributed by atoms with Crippen molar-refractivity contribution in [3.8, 4) is 5.69 Å². The van der Waals surface area contributed by atoms with E-state index in [1.54, 1.807) is 0 Å². The van der Waals surface area contributed by atoms with Gasteiger partial charge in [0.25, 0.3) is 5.91 Å². The third-order valence-corrected chi connectivity index (χ3v) is 4.04. The first-order valence-electron chi connectivity index (χ1n) is 7.58. The first-order chi connectivity index (χ1) is 12.2. The molecule has 1 unspecified atom stereocenters. The van der Waals surface area contributed by atoms with Crippen LogP contribution in [0.2, 0.25) is 0 Å². The molecule has 1 aliphatic rings. The number of benzene rings is 1. The molecule has 1 aliphatic heterocycles. The van der Waals surface area contributed by atoms with E-state index in [9.17, 15) is 27.9 Å². The average Bonchev–Trinajstić information content (AvgIpc) is 3.24. The number of carbonyl (C=O) groups excluding carboxylic acids is 1. The molecule has 3 rings (SSSR count). The molecular weight excluding hydrogens is 355 g/mol. The van der Waals surface area contributed by atoms with Crippen molar-refractivity contribution in [2.45, 2.75) is 18.1 Å². The van der Waals surface area contributed by atoms with E-state index in [-0.39, 0.29) is 31.0 Å². The molecular formula is C16H14F3N3O4. The van der Waals surface area contributed by atoms with E-state index in [0.717, 1.165) is 16.8 Å². The Morgan fingerprint density at radius 2 is 2.08 bits per heavy atom. The number of carboxylic acids is 1. The second kappa shape index (κ2) is 6.45. The van der Waals surface area contributed by atoms with Gasteiger partial charge < -0.3 is 15.2 Å². The minimum Gasteiger partial charge on any atom is -0.479 e. The highest BCUT2D eigenvalue weighted by Gasteiger charge is 2.44. The number of ether oxygens (including phenoxy) is 1. The van der Waals surface area contributed by atoms with Gasteiger partial charge in [-0.25, -0.2) is 9.48 Å². The van der Waals surface area contributed by atoms with Gasteiger partial charge >= 0.3 is 12.1 Å². The molecule has 0 radical (unpaired) electrons. The first kappa shape index (κ1) is 17.9. The maximum absolute atomic E-state index is 12.8. The van der Waals surface area contributed by atoms with Crippen molar-refractivity contribution in [2.24, 2.45) is 0 Å². The van der Waals surface area contributed by atoms with Crippen LogP contribution in [0, 0.1) is 0 Å². The second-order valence-corrected chi connectivity index (χ2v) is 5.84. The van der Waals surface area contributed by atoms with Crippen LogP contribution in [0.3, 0.4) is 0 Å². The zero-order chi connectivity index (χ0) is 18.9. The number of carbonyl (C=O) groups is 2. The molecule has 1 amide bonds. The number of halogens is 3. The van der Waals surface area contributed by atoms with E-state index in [0.29, 0.717) is 0 Å². The van der Waals surface area contributed by atoms with Crippen molar-refractivity contribution in [1.29, 1.82) is 0 Å². The molecule has 2 N–H and O–H groups in total. The van der Waals surface area contributed by atoms with Crippen LogP contribution in [-0.4, -0.2) is 45.5 Å². The molecule has 138 valence electrons. The molecule has 7 nitrogen and oxygen atoms in total. The van der Waals surface area contributed by atoms with Gasteiger partial charge in [0.05, 0.1) is 17.9 Å². The summed E-state index contributed by atoms with van der Waals surface area (Å²) in [4.78, 5) is 23.7. The molecule has 1 saturated heterocycles. The highest BCUT2D eigenvalue weighted by molar-refractivity contribution is 5.96. The number of aliphatic carboxylic acids is 1. The molecule has 0 spiro atoms. The number of aromatic nitrogens is 2. The molecule has 0 saturated carbocycles. The zero-order valence-corrected chi connectivity index (χ0v) is 13.3. The number of amides is 1. The van der Waals surface area contributed by atoms with E-state index in [2.05, 4.69) is 10.4 Å². The average molecular weight is 369 g/mol. The summed E-state index contributed by atoms with van der Waals surface area (Å²) in [6, 6.07) is 5.76. The largest absolute Gasteiger partial charge is 0.479 e. The Kier molecular flexibility index (Phi) is 4.45. The molecule has 0 aliphatic carbocycles. The quantitative estimate of drug-likeness (QED) is 0.858. The van der Waals surface area contributed by atoms with Crippen molar-refractivity contribution in [3.05, 3.63) is 47.8 Å². The Balaban J connectivity index is 1.82. The smallest absolute Gasteiger partial charge is 0.416 e. The van der Waals surface area contributed by atoms with E-state index in [1.807, 2.05) is 0 Å². The van der Waals surface area contributed by atoms with Gasteiger partial charge in [-0.1, -0.05) is 6.07 Å². The summed E-state index contributed by atoms with van der Waals surface area (Å²) in [5.74, 6) is -1.97. The van der Waals surface area contributed by atoms with Crippen molar-refractivity contribution in [2.75, 3.05) is 13.2 Å². The lowest BCUT2D eigenvalue weighted by atomic mass is 9.99. The van der Waals surface area contributed by atoms with Gasteiger partial charge in [0.1, 0.15) is 0 Å². The van der Waals surface area contributed by atoms with Crippen LogP contribution in [0.4, 0.5) is 13.2 Å². The molecule has 1 aromatic heterocycles. The molecule has 1 aromatic carbocycles. The number of hydrogen-bond donors (Lipinski definition) is 2. The van der Waals surface area contributed by atoms with Crippen molar-refractivity contribution in [1.82, 2.24) is 15.1 Å². The monoisotopic (exact) mass is 369 g/mol. The van der Waals surface area contributed by atoms with Crippen LogP contribution in [0.15, 0.2) is 36.5 Å². The van der Waals surface area contributed by atoms with E-state index < -0.39 is 29.2 Å². The maximum Gasteiger partial charge on any atom is 0.416 e. The summed E-state index contributed by atoms with van der Waals surface area (Å²) >= 11 is 0. The summed E-state index contributed by atoms with van der Waals surface area (Å²) < 4.78 is 44.6. The number of rotatable bonds is 4. The fourth-order valence-corrected chi connectivity index (χ4v) is 2.58. The minimum absolute atomic E-state index is 0.114. The lowest BCUT2D eigenvalue weighted by Crippen LogP contribution is -2.55.